The predicted octanol–water partition coefficient (Wildman–Crippen LogP) is 1.64. The Morgan fingerprint density at radius 3 is 2.68 bits per heavy atom. The molecule has 1 heterocycles. The fourth-order valence-electron chi connectivity index (χ4n) is 1.64. The summed E-state index contributed by atoms with van der Waals surface area (Å²) in [7, 11) is 0. The number of unbranched alkanes of at least 4 members (excludes halogenated alkanes) is 2. The summed E-state index contributed by atoms with van der Waals surface area (Å²) in [6.45, 7) is 5.84. The standard InChI is InChI=1S/C13H21N3O3/c1-4-5-6-7-14-13(18)9-16(11(3)17)12-8-10(2)19-15-12/h8H,4-7,9H2,1-3H3,(H,14,18). The number of hydrogen-bond acceptors (Lipinski definition) is 4. The van der Waals surface area contributed by atoms with E-state index in [1.807, 2.05) is 0 Å². The summed E-state index contributed by atoms with van der Waals surface area (Å²) in [5, 5.41) is 6.54. The lowest BCUT2D eigenvalue weighted by Gasteiger charge is -2.17. The van der Waals surface area contributed by atoms with Gasteiger partial charge in [0.2, 0.25) is 11.8 Å². The van der Waals surface area contributed by atoms with Gasteiger partial charge in [0.25, 0.3) is 0 Å². The molecule has 0 unspecified atom stereocenters. The average Bonchev–Trinajstić information content (AvgIpc) is 2.78. The Hall–Kier alpha value is -1.85. The number of aryl methyl sites for hydroxylation is 1. The maximum atomic E-state index is 11.7. The number of rotatable bonds is 7. The van der Waals surface area contributed by atoms with Gasteiger partial charge in [-0.15, -0.1) is 0 Å². The molecule has 0 bridgehead atoms. The smallest absolute Gasteiger partial charge is 0.240 e. The van der Waals surface area contributed by atoms with Crippen molar-refractivity contribution in [3.05, 3.63) is 11.8 Å². The van der Waals surface area contributed by atoms with E-state index < -0.39 is 0 Å². The lowest BCUT2D eigenvalue weighted by molar-refractivity contribution is -0.123. The van der Waals surface area contributed by atoms with Gasteiger partial charge >= 0.3 is 0 Å². The quantitative estimate of drug-likeness (QED) is 0.762. The Kier molecular flexibility index (Phi) is 6.05. The summed E-state index contributed by atoms with van der Waals surface area (Å²) in [6.07, 6.45) is 3.14. The van der Waals surface area contributed by atoms with E-state index in [4.69, 9.17) is 4.52 Å². The Bertz CT molecular complexity index is 429. The molecular weight excluding hydrogens is 246 g/mol. The molecular formula is C13H21N3O3. The SMILES string of the molecule is CCCCCNC(=O)CN(C(C)=O)c1cc(C)on1. The van der Waals surface area contributed by atoms with Crippen molar-refractivity contribution >= 4 is 17.6 Å². The van der Waals surface area contributed by atoms with Crippen molar-refractivity contribution in [2.45, 2.75) is 40.0 Å². The molecule has 0 aliphatic carbocycles. The van der Waals surface area contributed by atoms with Crippen molar-refractivity contribution in [3.63, 3.8) is 0 Å². The first-order chi connectivity index (χ1) is 9.04. The zero-order chi connectivity index (χ0) is 14.3. The molecule has 0 fully saturated rings. The largest absolute Gasteiger partial charge is 0.360 e. The van der Waals surface area contributed by atoms with Crippen LogP contribution >= 0.6 is 0 Å². The molecule has 0 atom stereocenters. The van der Waals surface area contributed by atoms with Crippen LogP contribution in [0.15, 0.2) is 10.6 Å². The van der Waals surface area contributed by atoms with Crippen molar-refractivity contribution in [1.82, 2.24) is 10.5 Å². The van der Waals surface area contributed by atoms with Crippen LogP contribution in [-0.4, -0.2) is 30.1 Å². The van der Waals surface area contributed by atoms with Crippen molar-refractivity contribution in [2.24, 2.45) is 0 Å². The normalized spacial score (nSPS) is 10.3. The maximum Gasteiger partial charge on any atom is 0.240 e. The number of aromatic nitrogens is 1. The van der Waals surface area contributed by atoms with Gasteiger partial charge in [-0.1, -0.05) is 24.9 Å². The van der Waals surface area contributed by atoms with Gasteiger partial charge in [0.15, 0.2) is 5.82 Å². The number of carbonyl (C=O) groups excluding carboxylic acids is 2. The van der Waals surface area contributed by atoms with E-state index in [0.29, 0.717) is 18.1 Å². The molecule has 19 heavy (non-hydrogen) atoms. The first-order valence-corrected chi connectivity index (χ1v) is 6.52. The Morgan fingerprint density at radius 1 is 1.42 bits per heavy atom. The summed E-state index contributed by atoms with van der Waals surface area (Å²) in [5.41, 5.74) is 0. The van der Waals surface area contributed by atoms with E-state index in [1.54, 1.807) is 13.0 Å². The molecule has 0 saturated carbocycles. The zero-order valence-electron chi connectivity index (χ0n) is 11.7. The van der Waals surface area contributed by atoms with E-state index in [9.17, 15) is 9.59 Å². The second-order valence-corrected chi connectivity index (χ2v) is 4.46. The van der Waals surface area contributed by atoms with E-state index in [0.717, 1.165) is 19.3 Å². The van der Waals surface area contributed by atoms with Crippen LogP contribution < -0.4 is 10.2 Å². The number of amides is 2. The molecule has 6 nitrogen and oxygen atoms in total. The minimum Gasteiger partial charge on any atom is -0.360 e. The van der Waals surface area contributed by atoms with Gasteiger partial charge in [-0.05, 0) is 13.3 Å². The molecule has 1 aromatic rings. The van der Waals surface area contributed by atoms with E-state index >= 15 is 0 Å². The van der Waals surface area contributed by atoms with Gasteiger partial charge < -0.3 is 9.84 Å². The van der Waals surface area contributed by atoms with Crippen LogP contribution in [0.2, 0.25) is 0 Å². The first kappa shape index (κ1) is 15.2. The highest BCUT2D eigenvalue weighted by atomic mass is 16.5. The molecule has 1 N–H and O–H groups in total. The van der Waals surface area contributed by atoms with Gasteiger partial charge in [0.05, 0.1) is 0 Å². The molecule has 0 spiro atoms. The Morgan fingerprint density at radius 2 is 2.16 bits per heavy atom. The summed E-state index contributed by atoms with van der Waals surface area (Å²) < 4.78 is 4.91. The van der Waals surface area contributed by atoms with E-state index in [1.165, 1.54) is 11.8 Å². The van der Waals surface area contributed by atoms with Crippen LogP contribution in [-0.2, 0) is 9.59 Å². The second-order valence-electron chi connectivity index (χ2n) is 4.46. The lowest BCUT2D eigenvalue weighted by atomic mass is 10.2. The average molecular weight is 267 g/mol. The Balaban J connectivity index is 2.50. The first-order valence-electron chi connectivity index (χ1n) is 6.52. The number of hydrogen-bond donors (Lipinski definition) is 1. The van der Waals surface area contributed by atoms with Gasteiger partial charge in [-0.2, -0.15) is 0 Å². The number of carbonyl (C=O) groups is 2. The molecule has 106 valence electrons. The molecule has 6 heteroatoms. The minimum absolute atomic E-state index is 0.0343. The molecule has 1 aromatic heterocycles. The van der Waals surface area contributed by atoms with Gasteiger partial charge in [0, 0.05) is 19.5 Å². The molecule has 2 amide bonds. The summed E-state index contributed by atoms with van der Waals surface area (Å²) in [6, 6.07) is 1.63. The van der Waals surface area contributed by atoms with Gasteiger partial charge in [0.1, 0.15) is 12.3 Å². The van der Waals surface area contributed by atoms with Gasteiger partial charge in [-0.3, -0.25) is 14.5 Å². The second kappa shape index (κ2) is 7.56. The third-order valence-corrected chi connectivity index (χ3v) is 2.68. The Labute approximate surface area is 113 Å². The van der Waals surface area contributed by atoms with E-state index in [-0.39, 0.29) is 18.4 Å². The van der Waals surface area contributed by atoms with Crippen LogP contribution in [0.3, 0.4) is 0 Å². The zero-order valence-corrected chi connectivity index (χ0v) is 11.7. The topological polar surface area (TPSA) is 75.4 Å². The summed E-state index contributed by atoms with van der Waals surface area (Å²) in [4.78, 5) is 24.6. The molecule has 0 aliphatic rings. The van der Waals surface area contributed by atoms with Crippen LogP contribution in [0.25, 0.3) is 0 Å². The van der Waals surface area contributed by atoms with Crippen molar-refractivity contribution in [2.75, 3.05) is 18.0 Å². The molecule has 1 rings (SSSR count). The van der Waals surface area contributed by atoms with Crippen LogP contribution in [0.5, 0.6) is 0 Å². The highest BCUT2D eigenvalue weighted by Crippen LogP contribution is 2.13. The van der Waals surface area contributed by atoms with Crippen LogP contribution in [0.4, 0.5) is 5.82 Å². The number of anilines is 1. The number of nitrogens with zero attached hydrogens (tertiary/aromatic N) is 2. The van der Waals surface area contributed by atoms with Crippen LogP contribution in [0.1, 0.15) is 38.9 Å². The lowest BCUT2D eigenvalue weighted by Crippen LogP contribution is -2.40. The van der Waals surface area contributed by atoms with E-state index in [2.05, 4.69) is 17.4 Å². The molecule has 0 radical (unpaired) electrons. The highest BCUT2D eigenvalue weighted by molar-refractivity contribution is 5.96. The van der Waals surface area contributed by atoms with Crippen molar-refractivity contribution < 1.29 is 14.1 Å². The number of nitrogens with one attached hydrogen (secondary N) is 1. The fraction of sp³-hybridized carbons (Fsp3) is 0.615. The monoisotopic (exact) mass is 267 g/mol. The fourth-order valence-corrected chi connectivity index (χ4v) is 1.64. The maximum absolute atomic E-state index is 11.7. The molecule has 0 saturated heterocycles. The van der Waals surface area contributed by atoms with Gasteiger partial charge in [-0.25, -0.2) is 0 Å². The molecule has 0 aliphatic heterocycles. The summed E-state index contributed by atoms with van der Waals surface area (Å²) >= 11 is 0. The third kappa shape index (κ3) is 5.11. The highest BCUT2D eigenvalue weighted by Gasteiger charge is 2.18. The molecule has 0 aromatic carbocycles. The van der Waals surface area contributed by atoms with Crippen molar-refractivity contribution in [1.29, 1.82) is 0 Å². The van der Waals surface area contributed by atoms with Crippen LogP contribution in [0, 0.1) is 6.92 Å². The minimum atomic E-state index is -0.239. The summed E-state index contributed by atoms with van der Waals surface area (Å²) in [5.74, 6) is 0.544. The third-order valence-electron chi connectivity index (χ3n) is 2.68. The van der Waals surface area contributed by atoms with Crippen molar-refractivity contribution in [3.8, 4) is 0 Å². The predicted molar refractivity (Wildman–Crippen MR) is 71.8 cm³/mol.